The van der Waals surface area contributed by atoms with Gasteiger partial charge in [0.05, 0.1) is 6.61 Å². The molecule has 0 aromatic heterocycles. The molecule has 170 valence electrons. The van der Waals surface area contributed by atoms with E-state index >= 15 is 0 Å². The van der Waals surface area contributed by atoms with Gasteiger partial charge in [0.25, 0.3) is 0 Å². The van der Waals surface area contributed by atoms with Crippen LogP contribution < -0.4 is 5.32 Å². The van der Waals surface area contributed by atoms with Crippen molar-refractivity contribution >= 4 is 18.3 Å². The summed E-state index contributed by atoms with van der Waals surface area (Å²) in [4.78, 5) is 14.0. The molecule has 1 aromatic rings. The van der Waals surface area contributed by atoms with Crippen LogP contribution in [0.1, 0.15) is 64.4 Å². The highest BCUT2D eigenvalue weighted by Crippen LogP contribution is 2.37. The van der Waals surface area contributed by atoms with Crippen molar-refractivity contribution in [2.45, 2.75) is 71.3 Å². The summed E-state index contributed by atoms with van der Waals surface area (Å²) in [7, 11) is 0. The van der Waals surface area contributed by atoms with Crippen LogP contribution in [0.5, 0.6) is 0 Å². The summed E-state index contributed by atoms with van der Waals surface area (Å²) >= 11 is 0. The van der Waals surface area contributed by atoms with E-state index in [9.17, 15) is 4.79 Å². The molecular formula is C25H41ClN2O2. The Hall–Kier alpha value is -1.10. The van der Waals surface area contributed by atoms with Crippen LogP contribution in [0.15, 0.2) is 30.3 Å². The zero-order valence-corrected chi connectivity index (χ0v) is 19.7. The van der Waals surface area contributed by atoms with Gasteiger partial charge in [-0.15, -0.1) is 12.4 Å². The molecule has 3 rings (SSSR count). The summed E-state index contributed by atoms with van der Waals surface area (Å²) in [5.74, 6) is 0.911. The lowest BCUT2D eigenvalue weighted by atomic mass is 9.74. The van der Waals surface area contributed by atoms with Crippen molar-refractivity contribution in [3.63, 3.8) is 0 Å². The van der Waals surface area contributed by atoms with E-state index in [1.165, 1.54) is 57.3 Å². The van der Waals surface area contributed by atoms with Gasteiger partial charge in [-0.3, -0.25) is 4.79 Å². The van der Waals surface area contributed by atoms with Crippen molar-refractivity contribution in [3.8, 4) is 0 Å². The molecule has 0 radical (unpaired) electrons. The van der Waals surface area contributed by atoms with Crippen molar-refractivity contribution in [1.29, 1.82) is 0 Å². The molecule has 0 bridgehead atoms. The standard InChI is InChI=1S/C25H40N2O2.ClH/c1-3-29-20-25(14-13-22-7-5-4-6-8-22)15-17-27(18-16-25)19-23-9-11-24(12-10-23)26-21(2)28;/h4-8,23-24H,3,9-20H2,1-2H3,(H,26,28);1H. The van der Waals surface area contributed by atoms with Gasteiger partial charge < -0.3 is 15.0 Å². The Bertz CT molecular complexity index is 609. The van der Waals surface area contributed by atoms with E-state index in [1.807, 2.05) is 0 Å². The fourth-order valence-electron chi connectivity index (χ4n) is 5.19. The van der Waals surface area contributed by atoms with Crippen LogP contribution in [0.2, 0.25) is 0 Å². The van der Waals surface area contributed by atoms with Crippen molar-refractivity contribution in [3.05, 3.63) is 35.9 Å². The third-order valence-electron chi connectivity index (χ3n) is 7.09. The molecule has 1 heterocycles. The highest BCUT2D eigenvalue weighted by molar-refractivity contribution is 5.85. The predicted octanol–water partition coefficient (Wildman–Crippen LogP) is 4.85. The van der Waals surface area contributed by atoms with E-state index in [0.29, 0.717) is 11.5 Å². The first-order valence-electron chi connectivity index (χ1n) is 11.7. The van der Waals surface area contributed by atoms with Crippen LogP contribution in [-0.4, -0.2) is 49.7 Å². The minimum absolute atomic E-state index is 0. The number of amides is 1. The fourth-order valence-corrected chi connectivity index (χ4v) is 5.19. The summed E-state index contributed by atoms with van der Waals surface area (Å²) in [6.07, 6.45) is 9.67. The SMILES string of the molecule is CCOCC1(CCc2ccccc2)CCN(CC2CCC(NC(C)=O)CC2)CC1.Cl. The first-order valence-corrected chi connectivity index (χ1v) is 11.7. The first kappa shape index (κ1) is 25.2. The summed E-state index contributed by atoms with van der Waals surface area (Å²) in [5.41, 5.74) is 1.78. The molecule has 1 saturated carbocycles. The van der Waals surface area contributed by atoms with E-state index in [4.69, 9.17) is 4.74 Å². The number of hydrogen-bond acceptors (Lipinski definition) is 3. The van der Waals surface area contributed by atoms with Crippen molar-refractivity contribution in [2.24, 2.45) is 11.3 Å². The zero-order chi connectivity index (χ0) is 20.5. The van der Waals surface area contributed by atoms with E-state index in [0.717, 1.165) is 38.4 Å². The molecule has 1 aliphatic carbocycles. The second-order valence-electron chi connectivity index (χ2n) is 9.34. The van der Waals surface area contributed by atoms with E-state index in [2.05, 4.69) is 47.5 Å². The number of ether oxygens (including phenoxy) is 1. The van der Waals surface area contributed by atoms with Gasteiger partial charge in [-0.1, -0.05) is 30.3 Å². The predicted molar refractivity (Wildman–Crippen MR) is 126 cm³/mol. The van der Waals surface area contributed by atoms with Crippen LogP contribution in [0.4, 0.5) is 0 Å². The van der Waals surface area contributed by atoms with Crippen molar-refractivity contribution < 1.29 is 9.53 Å². The van der Waals surface area contributed by atoms with Gasteiger partial charge in [0.15, 0.2) is 0 Å². The summed E-state index contributed by atoms with van der Waals surface area (Å²) < 4.78 is 5.94. The number of benzene rings is 1. The molecule has 0 unspecified atom stereocenters. The number of rotatable bonds is 9. The molecule has 1 aliphatic heterocycles. The molecule has 5 heteroatoms. The molecule has 0 atom stereocenters. The van der Waals surface area contributed by atoms with Crippen LogP contribution in [0.3, 0.4) is 0 Å². The van der Waals surface area contributed by atoms with Gasteiger partial charge >= 0.3 is 0 Å². The van der Waals surface area contributed by atoms with E-state index < -0.39 is 0 Å². The number of carbonyl (C=O) groups excluding carboxylic acids is 1. The molecule has 30 heavy (non-hydrogen) atoms. The number of nitrogens with one attached hydrogen (secondary N) is 1. The lowest BCUT2D eigenvalue weighted by molar-refractivity contribution is -0.119. The number of likely N-dealkylation sites (tertiary alicyclic amines) is 1. The van der Waals surface area contributed by atoms with Gasteiger partial charge in [0.1, 0.15) is 0 Å². The Morgan fingerprint density at radius 3 is 2.40 bits per heavy atom. The number of aryl methyl sites for hydroxylation is 1. The zero-order valence-electron chi connectivity index (χ0n) is 18.9. The van der Waals surface area contributed by atoms with E-state index in [-0.39, 0.29) is 18.3 Å². The Labute approximate surface area is 189 Å². The number of nitrogens with zero attached hydrogens (tertiary/aromatic N) is 1. The van der Waals surface area contributed by atoms with E-state index in [1.54, 1.807) is 6.92 Å². The fraction of sp³-hybridized carbons (Fsp3) is 0.720. The number of piperidine rings is 1. The largest absolute Gasteiger partial charge is 0.381 e. The second kappa shape index (κ2) is 12.7. The molecule has 4 nitrogen and oxygen atoms in total. The molecular weight excluding hydrogens is 396 g/mol. The minimum Gasteiger partial charge on any atom is -0.381 e. The number of carbonyl (C=O) groups is 1. The quantitative estimate of drug-likeness (QED) is 0.601. The van der Waals surface area contributed by atoms with Gasteiger partial charge in [-0.25, -0.2) is 0 Å². The van der Waals surface area contributed by atoms with Gasteiger partial charge in [0, 0.05) is 26.1 Å². The normalized spacial score (nSPS) is 24.1. The van der Waals surface area contributed by atoms with Crippen LogP contribution in [0, 0.1) is 11.3 Å². The average molecular weight is 437 g/mol. The molecule has 1 amide bonds. The smallest absolute Gasteiger partial charge is 0.217 e. The van der Waals surface area contributed by atoms with Crippen molar-refractivity contribution in [1.82, 2.24) is 10.2 Å². The Kier molecular flexibility index (Phi) is 10.6. The summed E-state index contributed by atoms with van der Waals surface area (Å²) in [5, 5.41) is 3.10. The van der Waals surface area contributed by atoms with Gasteiger partial charge in [0.2, 0.25) is 5.91 Å². The second-order valence-corrected chi connectivity index (χ2v) is 9.34. The first-order chi connectivity index (χ1) is 14.1. The lowest BCUT2D eigenvalue weighted by Crippen LogP contribution is -2.45. The maximum Gasteiger partial charge on any atom is 0.217 e. The van der Waals surface area contributed by atoms with Gasteiger partial charge in [-0.05, 0) is 88.3 Å². The average Bonchev–Trinajstić information content (AvgIpc) is 2.74. The molecule has 2 aliphatic rings. The summed E-state index contributed by atoms with van der Waals surface area (Å²) in [6.45, 7) is 9.10. The van der Waals surface area contributed by atoms with Crippen LogP contribution in [-0.2, 0) is 16.0 Å². The molecule has 1 aromatic carbocycles. The number of halogens is 1. The molecule has 0 spiro atoms. The van der Waals surface area contributed by atoms with Crippen LogP contribution >= 0.6 is 12.4 Å². The molecule has 2 fully saturated rings. The Balaban J connectivity index is 0.00000320. The monoisotopic (exact) mass is 436 g/mol. The lowest BCUT2D eigenvalue weighted by Gasteiger charge is -2.43. The maximum absolute atomic E-state index is 11.3. The highest BCUT2D eigenvalue weighted by atomic mass is 35.5. The summed E-state index contributed by atoms with van der Waals surface area (Å²) in [6, 6.07) is 11.3. The third-order valence-corrected chi connectivity index (χ3v) is 7.09. The maximum atomic E-state index is 11.3. The number of hydrogen-bond donors (Lipinski definition) is 1. The van der Waals surface area contributed by atoms with Crippen LogP contribution in [0.25, 0.3) is 0 Å². The Morgan fingerprint density at radius 1 is 1.13 bits per heavy atom. The van der Waals surface area contributed by atoms with Crippen molar-refractivity contribution in [2.75, 3.05) is 32.8 Å². The minimum atomic E-state index is 0. The third kappa shape index (κ3) is 7.86. The van der Waals surface area contributed by atoms with Gasteiger partial charge in [-0.2, -0.15) is 0 Å². The highest BCUT2D eigenvalue weighted by Gasteiger charge is 2.35. The molecule has 1 saturated heterocycles. The topological polar surface area (TPSA) is 41.6 Å². The molecule has 1 N–H and O–H groups in total. The Morgan fingerprint density at radius 2 is 1.80 bits per heavy atom.